The molecule has 0 bridgehead atoms. The average molecular weight is 424 g/mol. The fourth-order valence-electron chi connectivity index (χ4n) is 5.32. The molecule has 0 saturated carbocycles. The Balaban J connectivity index is 0.000000730. The quantitative estimate of drug-likeness (QED) is 0.748. The Labute approximate surface area is 182 Å². The van der Waals surface area contributed by atoms with Crippen LogP contribution in [0, 0.1) is 0 Å². The number of rotatable bonds is 2. The highest BCUT2D eigenvalue weighted by Crippen LogP contribution is 2.43. The maximum Gasteiger partial charge on any atom is 0.290 e. The molecule has 1 unspecified atom stereocenters. The summed E-state index contributed by atoms with van der Waals surface area (Å²) in [5, 5.41) is 6.89. The summed E-state index contributed by atoms with van der Waals surface area (Å²) in [6, 6.07) is 14.8. The van der Waals surface area contributed by atoms with Crippen molar-refractivity contribution in [1.82, 2.24) is 4.90 Å². The molecule has 6 nitrogen and oxygen atoms in total. The van der Waals surface area contributed by atoms with E-state index in [4.69, 9.17) is 19.4 Å². The Bertz CT molecular complexity index is 949. The average Bonchev–Trinajstić information content (AvgIpc) is 3.24. The van der Waals surface area contributed by atoms with Gasteiger partial charge in [0, 0.05) is 13.1 Å². The topological polar surface area (TPSA) is 76.1 Å². The Morgan fingerprint density at radius 1 is 1.16 bits per heavy atom. The van der Waals surface area contributed by atoms with Crippen LogP contribution in [0.1, 0.15) is 47.4 Å². The second-order valence-electron chi connectivity index (χ2n) is 8.34. The van der Waals surface area contributed by atoms with Crippen LogP contribution in [-0.2, 0) is 32.8 Å². The number of amides is 1. The molecule has 2 heterocycles. The molecule has 5 rings (SSSR count). The SMILES string of the molecule is COc1ccc2c(c1)CCOC21CCN(C(=O)C2CCc3ccccc32)CC1.O=CO. The largest absolute Gasteiger partial charge is 0.497 e. The molecule has 6 heteroatoms. The highest BCUT2D eigenvalue weighted by molar-refractivity contribution is 5.85. The highest BCUT2D eigenvalue weighted by atomic mass is 16.5. The summed E-state index contributed by atoms with van der Waals surface area (Å²) >= 11 is 0. The Kier molecular flexibility index (Phi) is 6.28. The number of likely N-dealkylation sites (tertiary alicyclic amines) is 1. The lowest BCUT2D eigenvalue weighted by molar-refractivity contribution is -0.142. The van der Waals surface area contributed by atoms with Crippen LogP contribution in [0.2, 0.25) is 0 Å². The number of hydrogen-bond acceptors (Lipinski definition) is 4. The van der Waals surface area contributed by atoms with Crippen LogP contribution in [0.4, 0.5) is 0 Å². The molecule has 1 atom stereocenters. The first-order valence-corrected chi connectivity index (χ1v) is 10.9. The number of carboxylic acid groups (broad SMARTS) is 1. The van der Waals surface area contributed by atoms with Gasteiger partial charge >= 0.3 is 0 Å². The molecule has 164 valence electrons. The molecule has 1 aliphatic carbocycles. The predicted molar refractivity (Wildman–Crippen MR) is 116 cm³/mol. The lowest BCUT2D eigenvalue weighted by Crippen LogP contribution is -2.49. The zero-order chi connectivity index (χ0) is 21.8. The number of ether oxygens (including phenoxy) is 2. The van der Waals surface area contributed by atoms with E-state index in [0.717, 1.165) is 57.6 Å². The summed E-state index contributed by atoms with van der Waals surface area (Å²) in [6.45, 7) is 2.02. The van der Waals surface area contributed by atoms with E-state index in [1.807, 2.05) is 6.07 Å². The monoisotopic (exact) mass is 423 g/mol. The zero-order valence-corrected chi connectivity index (χ0v) is 17.9. The molecular formula is C25H29NO5. The summed E-state index contributed by atoms with van der Waals surface area (Å²) < 4.78 is 11.7. The fraction of sp³-hybridized carbons (Fsp3) is 0.440. The van der Waals surface area contributed by atoms with Gasteiger partial charge in [-0.05, 0) is 66.5 Å². The number of benzene rings is 2. The third-order valence-corrected chi connectivity index (χ3v) is 6.87. The summed E-state index contributed by atoms with van der Waals surface area (Å²) in [6.07, 6.45) is 4.62. The van der Waals surface area contributed by atoms with Crippen molar-refractivity contribution in [1.29, 1.82) is 0 Å². The van der Waals surface area contributed by atoms with E-state index in [-0.39, 0.29) is 18.0 Å². The van der Waals surface area contributed by atoms with E-state index < -0.39 is 0 Å². The number of piperidine rings is 1. The number of carbonyl (C=O) groups excluding carboxylic acids is 1. The first-order chi connectivity index (χ1) is 15.1. The Morgan fingerprint density at radius 3 is 2.65 bits per heavy atom. The minimum atomic E-state index is -0.250. The van der Waals surface area contributed by atoms with Gasteiger partial charge in [0.05, 0.1) is 25.2 Å². The smallest absolute Gasteiger partial charge is 0.290 e. The van der Waals surface area contributed by atoms with Crippen molar-refractivity contribution in [3.05, 3.63) is 64.7 Å². The van der Waals surface area contributed by atoms with Crippen molar-refractivity contribution >= 4 is 12.4 Å². The number of methoxy groups -OCH3 is 1. The molecule has 1 N–H and O–H groups in total. The molecule has 1 spiro atoms. The summed E-state index contributed by atoms with van der Waals surface area (Å²) in [7, 11) is 1.71. The van der Waals surface area contributed by atoms with Gasteiger partial charge in [0.25, 0.3) is 6.47 Å². The molecule has 2 aromatic rings. The van der Waals surface area contributed by atoms with Crippen molar-refractivity contribution in [2.24, 2.45) is 0 Å². The van der Waals surface area contributed by atoms with Crippen molar-refractivity contribution in [2.45, 2.75) is 43.6 Å². The van der Waals surface area contributed by atoms with Crippen molar-refractivity contribution in [2.75, 3.05) is 26.8 Å². The van der Waals surface area contributed by atoms with E-state index in [9.17, 15) is 4.79 Å². The van der Waals surface area contributed by atoms with Gasteiger partial charge in [-0.2, -0.15) is 0 Å². The van der Waals surface area contributed by atoms with Gasteiger partial charge in [0.1, 0.15) is 5.75 Å². The van der Waals surface area contributed by atoms with Gasteiger partial charge in [0.2, 0.25) is 5.91 Å². The second-order valence-corrected chi connectivity index (χ2v) is 8.34. The normalized spacial score (nSPS) is 20.8. The Hall–Kier alpha value is -2.86. The standard InChI is InChI=1S/C24H27NO3.CH2O2/c1-27-19-7-9-22-18(16-19)10-15-28-24(22)11-13-25(14-12-24)23(26)21-8-6-17-4-2-3-5-20(17)21;2-1-3/h2-5,7,9,16,21H,6,8,10-15H2,1H3;1H,(H,2,3). The zero-order valence-electron chi connectivity index (χ0n) is 17.9. The number of fused-ring (bicyclic) bond motifs is 3. The summed E-state index contributed by atoms with van der Waals surface area (Å²) in [4.78, 5) is 23.7. The van der Waals surface area contributed by atoms with E-state index in [1.165, 1.54) is 22.3 Å². The number of hydrogen-bond donors (Lipinski definition) is 1. The van der Waals surface area contributed by atoms with E-state index in [1.54, 1.807) is 7.11 Å². The van der Waals surface area contributed by atoms with Crippen LogP contribution < -0.4 is 4.74 Å². The molecule has 3 aliphatic rings. The minimum absolute atomic E-state index is 0.0362. The number of aryl methyl sites for hydroxylation is 1. The second kappa shape index (κ2) is 9.10. The molecule has 1 fully saturated rings. The van der Waals surface area contributed by atoms with E-state index in [0.29, 0.717) is 5.91 Å². The van der Waals surface area contributed by atoms with Crippen LogP contribution in [0.15, 0.2) is 42.5 Å². The summed E-state index contributed by atoms with van der Waals surface area (Å²) in [5.41, 5.74) is 4.95. The number of carbonyl (C=O) groups is 2. The fourth-order valence-corrected chi connectivity index (χ4v) is 5.32. The van der Waals surface area contributed by atoms with Crippen molar-refractivity contribution < 1.29 is 24.2 Å². The van der Waals surface area contributed by atoms with Gasteiger partial charge in [-0.15, -0.1) is 0 Å². The molecule has 2 aromatic carbocycles. The molecule has 0 radical (unpaired) electrons. The van der Waals surface area contributed by atoms with Crippen LogP contribution in [-0.4, -0.2) is 49.2 Å². The molecule has 1 amide bonds. The molecule has 2 aliphatic heterocycles. The predicted octanol–water partition coefficient (Wildman–Crippen LogP) is 3.52. The van der Waals surface area contributed by atoms with Gasteiger partial charge in [-0.25, -0.2) is 0 Å². The molecule has 0 aromatic heterocycles. The lowest BCUT2D eigenvalue weighted by atomic mass is 9.79. The number of nitrogens with zero attached hydrogens (tertiary/aromatic N) is 1. The summed E-state index contributed by atoms with van der Waals surface area (Å²) in [5.74, 6) is 1.24. The Morgan fingerprint density at radius 2 is 1.90 bits per heavy atom. The van der Waals surface area contributed by atoms with E-state index in [2.05, 4.69) is 41.3 Å². The molecular weight excluding hydrogens is 394 g/mol. The van der Waals surface area contributed by atoms with Gasteiger partial charge in [-0.3, -0.25) is 9.59 Å². The van der Waals surface area contributed by atoms with Gasteiger partial charge in [-0.1, -0.05) is 30.3 Å². The van der Waals surface area contributed by atoms with Crippen molar-refractivity contribution in [3.63, 3.8) is 0 Å². The first-order valence-electron chi connectivity index (χ1n) is 10.9. The van der Waals surface area contributed by atoms with Crippen LogP contribution in [0.25, 0.3) is 0 Å². The van der Waals surface area contributed by atoms with Crippen LogP contribution in [0.5, 0.6) is 5.75 Å². The lowest BCUT2D eigenvalue weighted by Gasteiger charge is -2.45. The van der Waals surface area contributed by atoms with Gasteiger partial charge in [0.15, 0.2) is 0 Å². The van der Waals surface area contributed by atoms with Crippen molar-refractivity contribution in [3.8, 4) is 5.75 Å². The van der Waals surface area contributed by atoms with Crippen LogP contribution >= 0.6 is 0 Å². The maximum absolute atomic E-state index is 13.2. The molecule has 1 saturated heterocycles. The van der Waals surface area contributed by atoms with Gasteiger partial charge < -0.3 is 19.5 Å². The highest BCUT2D eigenvalue weighted by Gasteiger charge is 2.43. The first kappa shape index (κ1) is 21.4. The maximum atomic E-state index is 13.2. The minimum Gasteiger partial charge on any atom is -0.497 e. The third-order valence-electron chi connectivity index (χ3n) is 6.87. The third kappa shape index (κ3) is 4.04. The van der Waals surface area contributed by atoms with Crippen LogP contribution in [0.3, 0.4) is 0 Å². The van der Waals surface area contributed by atoms with E-state index >= 15 is 0 Å². The molecule has 31 heavy (non-hydrogen) atoms.